The number of amides is 2. The molecule has 0 radical (unpaired) electrons. The van der Waals surface area contributed by atoms with Gasteiger partial charge in [-0.15, -0.1) is 0 Å². The molecule has 0 aliphatic carbocycles. The molecular weight excluding hydrogens is 520 g/mol. The van der Waals surface area contributed by atoms with Gasteiger partial charge in [-0.05, 0) is 42.9 Å². The quantitative estimate of drug-likeness (QED) is 0.345. The van der Waals surface area contributed by atoms with E-state index in [1.807, 2.05) is 21.9 Å². The van der Waals surface area contributed by atoms with Crippen LogP contribution >= 0.6 is 0 Å². The lowest BCUT2D eigenvalue weighted by Crippen LogP contribution is -2.47. The second-order valence-electron chi connectivity index (χ2n) is 13.2. The number of ether oxygens (including phenoxy) is 1. The number of carbonyl (C=O) groups is 3. The van der Waals surface area contributed by atoms with Gasteiger partial charge in [0.1, 0.15) is 5.75 Å². The zero-order valence-electron chi connectivity index (χ0n) is 25.6. The standard InChI is InChI=1S/C32H50N4O5/c1-5-6-15-33(17-9-19-36(2,3)4)30(38)23-35-22-26(24-11-12-28-25(21-24)14-20-41-28)31(32(39)40)27(35)13-18-34-16-8-7-10-29(34)37/h11-12,21,26-27,31H,5-10,13-20,22-23H2,1-4H3/p+1/t26-,27+,31?/m1/s1. The van der Waals surface area contributed by atoms with Crippen molar-refractivity contribution >= 4 is 17.8 Å². The molecule has 0 bridgehead atoms. The molecule has 1 aromatic rings. The van der Waals surface area contributed by atoms with Crippen molar-refractivity contribution < 1.29 is 28.7 Å². The summed E-state index contributed by atoms with van der Waals surface area (Å²) in [5.74, 6) is -0.595. The van der Waals surface area contributed by atoms with E-state index in [1.165, 1.54) is 0 Å². The molecule has 3 aliphatic heterocycles. The number of carbonyl (C=O) groups excluding carboxylic acids is 2. The van der Waals surface area contributed by atoms with Gasteiger partial charge in [0, 0.05) is 63.9 Å². The topological polar surface area (TPSA) is 90.4 Å². The molecule has 2 saturated heterocycles. The van der Waals surface area contributed by atoms with E-state index in [2.05, 4.69) is 39.0 Å². The molecule has 2 fully saturated rings. The molecule has 0 spiro atoms. The number of aliphatic carboxylic acids is 1. The number of likely N-dealkylation sites (tertiary alicyclic amines) is 2. The minimum absolute atomic E-state index is 0.0750. The highest BCUT2D eigenvalue weighted by Crippen LogP contribution is 2.41. The third-order valence-electron chi connectivity index (χ3n) is 9.02. The summed E-state index contributed by atoms with van der Waals surface area (Å²) in [5, 5.41) is 10.5. The predicted molar refractivity (Wildman–Crippen MR) is 159 cm³/mol. The van der Waals surface area contributed by atoms with E-state index in [0.29, 0.717) is 39.1 Å². The highest BCUT2D eigenvalue weighted by molar-refractivity contribution is 5.79. The Bertz CT molecular complexity index is 1070. The number of hydrogen-bond donors (Lipinski definition) is 1. The average molecular weight is 572 g/mol. The first kappa shape index (κ1) is 31.3. The Hall–Kier alpha value is -2.65. The number of fused-ring (bicyclic) bond motifs is 1. The van der Waals surface area contributed by atoms with Crippen LogP contribution in [0.2, 0.25) is 0 Å². The van der Waals surface area contributed by atoms with E-state index in [1.54, 1.807) is 0 Å². The van der Waals surface area contributed by atoms with Crippen LogP contribution < -0.4 is 4.74 Å². The fourth-order valence-corrected chi connectivity index (χ4v) is 6.73. The first-order valence-corrected chi connectivity index (χ1v) is 15.7. The number of nitrogens with zero attached hydrogens (tertiary/aromatic N) is 4. The minimum Gasteiger partial charge on any atom is -0.493 e. The van der Waals surface area contributed by atoms with Crippen molar-refractivity contribution in [2.75, 3.05) is 73.6 Å². The number of unbranched alkanes of at least 4 members (excludes halogenated alkanes) is 1. The Kier molecular flexibility index (Phi) is 10.7. The van der Waals surface area contributed by atoms with E-state index in [-0.39, 0.29) is 30.3 Å². The number of rotatable bonds is 14. The van der Waals surface area contributed by atoms with Gasteiger partial charge >= 0.3 is 5.97 Å². The van der Waals surface area contributed by atoms with Crippen LogP contribution in [0.15, 0.2) is 18.2 Å². The smallest absolute Gasteiger partial charge is 0.308 e. The molecule has 2 amide bonds. The van der Waals surface area contributed by atoms with Crippen LogP contribution in [0.4, 0.5) is 0 Å². The van der Waals surface area contributed by atoms with Gasteiger partial charge < -0.3 is 24.1 Å². The Labute approximate surface area is 246 Å². The second kappa shape index (κ2) is 14.0. The number of benzene rings is 1. The van der Waals surface area contributed by atoms with Crippen LogP contribution in [0.25, 0.3) is 0 Å². The van der Waals surface area contributed by atoms with Crippen molar-refractivity contribution in [1.82, 2.24) is 14.7 Å². The van der Waals surface area contributed by atoms with Crippen LogP contribution in [-0.2, 0) is 20.8 Å². The van der Waals surface area contributed by atoms with Crippen LogP contribution in [0.1, 0.15) is 68.9 Å². The summed E-state index contributed by atoms with van der Waals surface area (Å²) in [5.41, 5.74) is 2.13. The number of carboxylic acid groups (broad SMARTS) is 1. The fraction of sp³-hybridized carbons (Fsp3) is 0.719. The molecule has 1 aromatic carbocycles. The van der Waals surface area contributed by atoms with E-state index in [0.717, 1.165) is 79.5 Å². The van der Waals surface area contributed by atoms with Gasteiger partial charge in [-0.3, -0.25) is 19.3 Å². The predicted octanol–water partition coefficient (Wildman–Crippen LogP) is 3.22. The Morgan fingerprint density at radius 1 is 1.12 bits per heavy atom. The van der Waals surface area contributed by atoms with Crippen LogP contribution in [0.5, 0.6) is 5.75 Å². The molecule has 4 rings (SSSR count). The molecule has 1 N–H and O–H groups in total. The SMILES string of the molecule is CCCCN(CCC[N+](C)(C)C)C(=O)CN1C[C@H](c2ccc3c(c2)CCO3)C(C(=O)O)[C@@H]1CCN1CCCCC1=O. The summed E-state index contributed by atoms with van der Waals surface area (Å²) in [4.78, 5) is 45.2. The van der Waals surface area contributed by atoms with E-state index in [4.69, 9.17) is 4.74 Å². The molecule has 3 heterocycles. The number of piperidine rings is 1. The minimum atomic E-state index is -0.831. The largest absolute Gasteiger partial charge is 0.493 e. The maximum atomic E-state index is 13.8. The van der Waals surface area contributed by atoms with Crippen molar-refractivity contribution in [3.8, 4) is 5.75 Å². The Morgan fingerprint density at radius 2 is 1.90 bits per heavy atom. The lowest BCUT2D eigenvalue weighted by Gasteiger charge is -2.33. The third kappa shape index (κ3) is 8.22. The molecule has 3 atom stereocenters. The highest BCUT2D eigenvalue weighted by Gasteiger charge is 2.47. The number of hydrogen-bond acceptors (Lipinski definition) is 5. The Balaban J connectivity index is 1.55. The lowest BCUT2D eigenvalue weighted by molar-refractivity contribution is -0.870. The van der Waals surface area contributed by atoms with Gasteiger partial charge in [-0.25, -0.2) is 0 Å². The van der Waals surface area contributed by atoms with Crippen molar-refractivity contribution in [1.29, 1.82) is 0 Å². The molecule has 0 aromatic heterocycles. The highest BCUT2D eigenvalue weighted by atomic mass is 16.5. The van der Waals surface area contributed by atoms with Crippen LogP contribution in [0, 0.1) is 5.92 Å². The monoisotopic (exact) mass is 571 g/mol. The molecule has 9 heteroatoms. The van der Waals surface area contributed by atoms with E-state index in [9.17, 15) is 19.5 Å². The maximum absolute atomic E-state index is 13.8. The number of quaternary nitrogens is 1. The van der Waals surface area contributed by atoms with Crippen molar-refractivity contribution in [2.45, 2.75) is 70.3 Å². The molecule has 0 saturated carbocycles. The molecule has 41 heavy (non-hydrogen) atoms. The lowest BCUT2D eigenvalue weighted by atomic mass is 9.83. The van der Waals surface area contributed by atoms with Gasteiger partial charge in [-0.2, -0.15) is 0 Å². The van der Waals surface area contributed by atoms with Gasteiger partial charge in [0.2, 0.25) is 11.8 Å². The maximum Gasteiger partial charge on any atom is 0.308 e. The summed E-state index contributed by atoms with van der Waals surface area (Å²) in [6, 6.07) is 5.75. The van der Waals surface area contributed by atoms with E-state index >= 15 is 0 Å². The molecule has 9 nitrogen and oxygen atoms in total. The molecule has 3 aliphatic rings. The zero-order valence-corrected chi connectivity index (χ0v) is 25.6. The summed E-state index contributed by atoms with van der Waals surface area (Å²) in [6.07, 6.45) is 6.75. The van der Waals surface area contributed by atoms with Gasteiger partial charge in [-0.1, -0.05) is 25.5 Å². The number of carboxylic acids is 1. The third-order valence-corrected chi connectivity index (χ3v) is 9.02. The van der Waals surface area contributed by atoms with Gasteiger partial charge in [0.05, 0.1) is 46.8 Å². The Morgan fingerprint density at radius 3 is 2.61 bits per heavy atom. The second-order valence-corrected chi connectivity index (χ2v) is 13.2. The van der Waals surface area contributed by atoms with Crippen LogP contribution in [-0.4, -0.2) is 122 Å². The summed E-state index contributed by atoms with van der Waals surface area (Å²) in [6.45, 7) is 7.20. The van der Waals surface area contributed by atoms with Crippen LogP contribution in [0.3, 0.4) is 0 Å². The van der Waals surface area contributed by atoms with Crippen molar-refractivity contribution in [3.63, 3.8) is 0 Å². The normalized spacial score (nSPS) is 23.0. The molecular formula is C32H51N4O5+. The average Bonchev–Trinajstić information content (AvgIpc) is 3.53. The molecule has 228 valence electrons. The van der Waals surface area contributed by atoms with Crippen molar-refractivity contribution in [2.24, 2.45) is 5.92 Å². The summed E-state index contributed by atoms with van der Waals surface area (Å²) < 4.78 is 6.55. The molecule has 1 unspecified atom stereocenters. The van der Waals surface area contributed by atoms with E-state index < -0.39 is 11.9 Å². The van der Waals surface area contributed by atoms with Gasteiger partial charge in [0.25, 0.3) is 0 Å². The first-order chi connectivity index (χ1) is 19.6. The summed E-state index contributed by atoms with van der Waals surface area (Å²) >= 11 is 0. The fourth-order valence-electron chi connectivity index (χ4n) is 6.73. The zero-order chi connectivity index (χ0) is 29.6. The summed E-state index contributed by atoms with van der Waals surface area (Å²) in [7, 11) is 6.49. The van der Waals surface area contributed by atoms with Gasteiger partial charge in [0.15, 0.2) is 0 Å². The van der Waals surface area contributed by atoms with Crippen molar-refractivity contribution in [3.05, 3.63) is 29.3 Å². The first-order valence-electron chi connectivity index (χ1n) is 15.7.